The number of carboxylic acids is 1. The average Bonchev–Trinajstić information content (AvgIpc) is 3.20. The summed E-state index contributed by atoms with van der Waals surface area (Å²) in [5, 5.41) is 7.12. The van der Waals surface area contributed by atoms with Crippen LogP contribution < -0.4 is 0 Å². The van der Waals surface area contributed by atoms with E-state index < -0.39 is 22.2 Å². The maximum atomic E-state index is 12.1. The first-order valence-corrected chi connectivity index (χ1v) is 10.4. The van der Waals surface area contributed by atoms with Crippen molar-refractivity contribution in [2.75, 3.05) is 38.7 Å². The number of fused-ring (bicyclic) bond motifs is 1. The van der Waals surface area contributed by atoms with Crippen LogP contribution in [0.15, 0.2) is 24.5 Å². The molecular weight excluding hydrogens is 417 g/mol. The van der Waals surface area contributed by atoms with Gasteiger partial charge in [-0.1, -0.05) is 0 Å². The van der Waals surface area contributed by atoms with Crippen LogP contribution in [0.4, 0.5) is 13.2 Å². The van der Waals surface area contributed by atoms with Gasteiger partial charge >= 0.3 is 12.1 Å². The lowest BCUT2D eigenvalue weighted by Crippen LogP contribution is -2.37. The summed E-state index contributed by atoms with van der Waals surface area (Å²) in [6, 6.07) is 3.84. The standard InChI is InChI=1S/C15H22N2O4S.C2HF3O2/c1-2-22(18,19)17-7-14-9-21-12-15(14,10-17)11-20-8-13-3-5-16-6-4-13;3-2(4,5)1(6)7/h3-6,14H,2,7-12H2,1H3;(H,6,7)/t14-,15-;/m1./s1. The Balaban J connectivity index is 0.000000370. The van der Waals surface area contributed by atoms with Crippen molar-refractivity contribution in [1.82, 2.24) is 9.29 Å². The minimum atomic E-state index is -5.08. The fraction of sp³-hybridized carbons (Fsp3) is 0.647. The van der Waals surface area contributed by atoms with Crippen LogP contribution in [0, 0.1) is 11.3 Å². The molecule has 29 heavy (non-hydrogen) atoms. The summed E-state index contributed by atoms with van der Waals surface area (Å²) in [5.74, 6) is -2.38. The largest absolute Gasteiger partial charge is 0.490 e. The monoisotopic (exact) mass is 440 g/mol. The SMILES string of the molecule is CCS(=O)(=O)N1C[C@@H]2COC[C@]2(COCc2ccncc2)C1.O=C(O)C(F)(F)F. The number of sulfonamides is 1. The van der Waals surface area contributed by atoms with Crippen molar-refractivity contribution in [2.24, 2.45) is 11.3 Å². The molecule has 2 aliphatic heterocycles. The van der Waals surface area contributed by atoms with Gasteiger partial charge in [0.05, 0.1) is 32.2 Å². The Labute approximate surface area is 166 Å². The summed E-state index contributed by atoms with van der Waals surface area (Å²) in [7, 11) is -3.14. The maximum absolute atomic E-state index is 12.1. The van der Waals surface area contributed by atoms with Gasteiger partial charge in [-0.15, -0.1) is 0 Å². The highest BCUT2D eigenvalue weighted by molar-refractivity contribution is 7.89. The molecule has 0 aromatic carbocycles. The molecule has 2 saturated heterocycles. The highest BCUT2D eigenvalue weighted by atomic mass is 32.2. The van der Waals surface area contributed by atoms with Crippen molar-refractivity contribution >= 4 is 16.0 Å². The number of carbonyl (C=O) groups is 1. The predicted octanol–water partition coefficient (Wildman–Crippen LogP) is 1.53. The number of alkyl halides is 3. The quantitative estimate of drug-likeness (QED) is 0.715. The first-order chi connectivity index (χ1) is 13.5. The highest BCUT2D eigenvalue weighted by Gasteiger charge is 2.53. The van der Waals surface area contributed by atoms with Crippen molar-refractivity contribution in [3.63, 3.8) is 0 Å². The molecule has 1 aromatic heterocycles. The highest BCUT2D eigenvalue weighted by Crippen LogP contribution is 2.42. The molecule has 0 aliphatic carbocycles. The van der Waals surface area contributed by atoms with E-state index in [0.717, 1.165) is 5.56 Å². The van der Waals surface area contributed by atoms with Gasteiger partial charge in [-0.2, -0.15) is 13.2 Å². The van der Waals surface area contributed by atoms with Gasteiger partial charge in [-0.3, -0.25) is 4.98 Å². The Morgan fingerprint density at radius 1 is 1.41 bits per heavy atom. The number of aromatic nitrogens is 1. The lowest BCUT2D eigenvalue weighted by atomic mass is 9.82. The van der Waals surface area contributed by atoms with E-state index in [1.807, 2.05) is 12.1 Å². The van der Waals surface area contributed by atoms with Crippen molar-refractivity contribution in [2.45, 2.75) is 19.7 Å². The summed E-state index contributed by atoms with van der Waals surface area (Å²) >= 11 is 0. The molecule has 2 fully saturated rings. The van der Waals surface area contributed by atoms with E-state index in [4.69, 9.17) is 19.4 Å². The van der Waals surface area contributed by atoms with Gasteiger partial charge in [0.25, 0.3) is 0 Å². The molecule has 1 aromatic rings. The number of hydrogen-bond acceptors (Lipinski definition) is 6. The van der Waals surface area contributed by atoms with E-state index in [2.05, 4.69) is 4.98 Å². The van der Waals surface area contributed by atoms with Gasteiger partial charge < -0.3 is 14.6 Å². The molecule has 164 valence electrons. The van der Waals surface area contributed by atoms with E-state index in [1.54, 1.807) is 23.6 Å². The first-order valence-electron chi connectivity index (χ1n) is 8.82. The zero-order chi connectivity index (χ0) is 21.7. The second-order valence-electron chi connectivity index (χ2n) is 6.92. The van der Waals surface area contributed by atoms with Gasteiger partial charge in [0, 0.05) is 36.8 Å². The third-order valence-corrected chi connectivity index (χ3v) is 6.69. The molecule has 1 N–H and O–H groups in total. The minimum Gasteiger partial charge on any atom is -0.475 e. The summed E-state index contributed by atoms with van der Waals surface area (Å²) in [6.07, 6.45) is -1.60. The normalized spacial score (nSPS) is 24.6. The Morgan fingerprint density at radius 3 is 2.59 bits per heavy atom. The van der Waals surface area contributed by atoms with Crippen LogP contribution in [0.25, 0.3) is 0 Å². The first kappa shape index (κ1) is 23.5. The van der Waals surface area contributed by atoms with Crippen LogP contribution in [0.3, 0.4) is 0 Å². The van der Waals surface area contributed by atoms with E-state index in [1.165, 1.54) is 0 Å². The lowest BCUT2D eigenvalue weighted by Gasteiger charge is -2.26. The van der Waals surface area contributed by atoms with Gasteiger partial charge in [0.1, 0.15) is 0 Å². The van der Waals surface area contributed by atoms with Gasteiger partial charge in [0.15, 0.2) is 0 Å². The molecule has 12 heteroatoms. The van der Waals surface area contributed by atoms with E-state index in [9.17, 15) is 21.6 Å². The van der Waals surface area contributed by atoms with Gasteiger partial charge in [0.2, 0.25) is 10.0 Å². The van der Waals surface area contributed by atoms with Crippen LogP contribution in [0.2, 0.25) is 0 Å². The topological polar surface area (TPSA) is 106 Å². The Hall–Kier alpha value is -1.76. The smallest absolute Gasteiger partial charge is 0.475 e. The zero-order valence-corrected chi connectivity index (χ0v) is 16.6. The average molecular weight is 440 g/mol. The fourth-order valence-corrected chi connectivity index (χ4v) is 4.46. The number of halogens is 3. The van der Waals surface area contributed by atoms with Crippen LogP contribution in [-0.4, -0.2) is 73.6 Å². The molecule has 0 amide bonds. The molecule has 2 atom stereocenters. The Morgan fingerprint density at radius 2 is 2.03 bits per heavy atom. The molecule has 3 heterocycles. The van der Waals surface area contributed by atoms with E-state index >= 15 is 0 Å². The summed E-state index contributed by atoms with van der Waals surface area (Å²) in [6.45, 7) is 4.97. The molecule has 0 unspecified atom stereocenters. The molecule has 0 saturated carbocycles. The summed E-state index contributed by atoms with van der Waals surface area (Å²) in [5.41, 5.74) is 0.868. The predicted molar refractivity (Wildman–Crippen MR) is 95.4 cm³/mol. The molecule has 0 bridgehead atoms. The Bertz CT molecular complexity index is 790. The van der Waals surface area contributed by atoms with Crippen molar-refractivity contribution in [1.29, 1.82) is 0 Å². The number of rotatable bonds is 6. The third-order valence-electron chi connectivity index (χ3n) is 4.90. The number of ether oxygens (including phenoxy) is 2. The summed E-state index contributed by atoms with van der Waals surface area (Å²) < 4.78 is 69.0. The van der Waals surface area contributed by atoms with E-state index in [-0.39, 0.29) is 17.1 Å². The summed E-state index contributed by atoms with van der Waals surface area (Å²) in [4.78, 5) is 12.9. The van der Waals surface area contributed by atoms with Crippen LogP contribution in [0.1, 0.15) is 12.5 Å². The van der Waals surface area contributed by atoms with Crippen molar-refractivity contribution < 1.29 is 41.0 Å². The van der Waals surface area contributed by atoms with Gasteiger partial charge in [-0.25, -0.2) is 17.5 Å². The van der Waals surface area contributed by atoms with Crippen molar-refractivity contribution in [3.8, 4) is 0 Å². The molecule has 0 radical (unpaired) electrons. The third kappa shape index (κ3) is 6.11. The molecule has 2 aliphatic rings. The second kappa shape index (κ2) is 9.37. The second-order valence-corrected chi connectivity index (χ2v) is 9.18. The molecule has 8 nitrogen and oxygen atoms in total. The zero-order valence-electron chi connectivity index (χ0n) is 15.8. The molecule has 0 spiro atoms. The molecular formula is C17H23F3N2O6S. The lowest BCUT2D eigenvalue weighted by molar-refractivity contribution is -0.192. The van der Waals surface area contributed by atoms with E-state index in [0.29, 0.717) is 39.5 Å². The maximum Gasteiger partial charge on any atom is 0.490 e. The number of nitrogens with zero attached hydrogens (tertiary/aromatic N) is 2. The van der Waals surface area contributed by atoms with Gasteiger partial charge in [-0.05, 0) is 24.6 Å². The fourth-order valence-electron chi connectivity index (χ4n) is 3.23. The van der Waals surface area contributed by atoms with Crippen LogP contribution in [-0.2, 0) is 30.9 Å². The minimum absolute atomic E-state index is 0.147. The number of hydrogen-bond donors (Lipinski definition) is 1. The number of carboxylic acid groups (broad SMARTS) is 1. The van der Waals surface area contributed by atoms with Crippen molar-refractivity contribution in [3.05, 3.63) is 30.1 Å². The van der Waals surface area contributed by atoms with Crippen LogP contribution in [0.5, 0.6) is 0 Å². The number of aliphatic carboxylic acids is 1. The molecule has 3 rings (SSSR count). The Kier molecular flexibility index (Phi) is 7.60. The van der Waals surface area contributed by atoms with Crippen LogP contribution >= 0.6 is 0 Å². The number of pyridine rings is 1.